The Bertz CT molecular complexity index is 2080. The average Bonchev–Trinajstić information content (AvgIpc) is 3.45. The second-order valence-electron chi connectivity index (χ2n) is 10.6. The Kier molecular flexibility index (Phi) is 5.82. The molecule has 42 heavy (non-hydrogen) atoms. The lowest BCUT2D eigenvalue weighted by Crippen LogP contribution is -2.09. The van der Waals surface area contributed by atoms with Crippen molar-refractivity contribution in [3.8, 4) is 22.3 Å². The first-order chi connectivity index (χ1) is 20.8. The van der Waals surface area contributed by atoms with Gasteiger partial charge in [-0.25, -0.2) is 0 Å². The Labute approximate surface area is 244 Å². The summed E-state index contributed by atoms with van der Waals surface area (Å²) in [6, 6.07) is 57.9. The zero-order valence-electron chi connectivity index (χ0n) is 22.9. The summed E-state index contributed by atoms with van der Waals surface area (Å²) < 4.78 is 6.45. The van der Waals surface area contributed by atoms with Crippen LogP contribution in [0.1, 0.15) is 0 Å². The summed E-state index contributed by atoms with van der Waals surface area (Å²) in [5.74, 6) is 0. The summed E-state index contributed by atoms with van der Waals surface area (Å²) in [7, 11) is 0. The summed E-state index contributed by atoms with van der Waals surface area (Å²) in [5.41, 5.74) is 9.81. The van der Waals surface area contributed by atoms with Crippen LogP contribution in [-0.2, 0) is 0 Å². The van der Waals surface area contributed by atoms with E-state index >= 15 is 0 Å². The topological polar surface area (TPSA) is 16.4 Å². The third-order valence-electron chi connectivity index (χ3n) is 8.07. The molecule has 1 heterocycles. The maximum absolute atomic E-state index is 6.45. The highest BCUT2D eigenvalue weighted by Crippen LogP contribution is 2.41. The van der Waals surface area contributed by atoms with Gasteiger partial charge in [-0.15, -0.1) is 0 Å². The lowest BCUT2D eigenvalue weighted by molar-refractivity contribution is 0.669. The maximum atomic E-state index is 6.45. The maximum Gasteiger partial charge on any atom is 0.137 e. The fourth-order valence-electron chi connectivity index (χ4n) is 5.99. The van der Waals surface area contributed by atoms with Gasteiger partial charge >= 0.3 is 0 Å². The molecule has 0 unspecified atom stereocenters. The highest BCUT2D eigenvalue weighted by atomic mass is 16.3. The predicted octanol–water partition coefficient (Wildman–Crippen LogP) is 11.5. The molecule has 2 heteroatoms. The van der Waals surface area contributed by atoms with Gasteiger partial charge < -0.3 is 9.32 Å². The van der Waals surface area contributed by atoms with Gasteiger partial charge in [0, 0.05) is 33.9 Å². The fraction of sp³-hybridized carbons (Fsp3) is 0. The molecule has 0 fully saturated rings. The summed E-state index contributed by atoms with van der Waals surface area (Å²) in [6.45, 7) is 0. The molecule has 0 spiro atoms. The number of fused-ring (bicyclic) bond motifs is 5. The van der Waals surface area contributed by atoms with E-state index in [1.165, 1.54) is 38.4 Å². The van der Waals surface area contributed by atoms with Crippen LogP contribution in [0.2, 0.25) is 0 Å². The fourth-order valence-corrected chi connectivity index (χ4v) is 5.99. The van der Waals surface area contributed by atoms with E-state index < -0.39 is 0 Å². The van der Waals surface area contributed by atoms with Gasteiger partial charge in [0.1, 0.15) is 11.2 Å². The quantitative estimate of drug-likeness (QED) is 0.217. The van der Waals surface area contributed by atoms with Gasteiger partial charge in [0.2, 0.25) is 0 Å². The summed E-state index contributed by atoms with van der Waals surface area (Å²) in [6.07, 6.45) is 0. The van der Waals surface area contributed by atoms with Gasteiger partial charge in [-0.05, 0) is 75.5 Å². The molecular weight excluding hydrogens is 510 g/mol. The zero-order valence-corrected chi connectivity index (χ0v) is 22.9. The van der Waals surface area contributed by atoms with Crippen molar-refractivity contribution in [3.05, 3.63) is 164 Å². The highest BCUT2D eigenvalue weighted by Gasteiger charge is 2.17. The molecule has 0 aliphatic rings. The van der Waals surface area contributed by atoms with E-state index in [0.717, 1.165) is 33.6 Å². The number of furan rings is 1. The van der Waals surface area contributed by atoms with Crippen LogP contribution in [0.25, 0.3) is 55.0 Å². The van der Waals surface area contributed by atoms with Crippen LogP contribution in [0.15, 0.2) is 168 Å². The van der Waals surface area contributed by atoms with Crippen molar-refractivity contribution in [2.75, 3.05) is 4.90 Å². The van der Waals surface area contributed by atoms with Crippen LogP contribution >= 0.6 is 0 Å². The van der Waals surface area contributed by atoms with Crippen molar-refractivity contribution in [1.29, 1.82) is 0 Å². The van der Waals surface area contributed by atoms with E-state index in [-0.39, 0.29) is 0 Å². The van der Waals surface area contributed by atoms with Crippen molar-refractivity contribution >= 4 is 49.8 Å². The molecule has 8 rings (SSSR count). The molecule has 0 bridgehead atoms. The number of rotatable bonds is 5. The molecule has 7 aromatic carbocycles. The highest BCUT2D eigenvalue weighted by molar-refractivity contribution is 6.19. The SMILES string of the molecule is c1ccc(-c2ccc(N(c3ccc(-c4ccccc4)cc3)c3ccc4c(c3)oc3ccc5ccccc5c34)cc2)cc1. The average molecular weight is 538 g/mol. The molecule has 0 aliphatic carbocycles. The Balaban J connectivity index is 1.26. The van der Waals surface area contributed by atoms with Crippen molar-refractivity contribution in [2.45, 2.75) is 0 Å². The number of anilines is 3. The van der Waals surface area contributed by atoms with E-state index in [9.17, 15) is 0 Å². The van der Waals surface area contributed by atoms with Crippen molar-refractivity contribution in [2.24, 2.45) is 0 Å². The normalized spacial score (nSPS) is 11.3. The predicted molar refractivity (Wildman–Crippen MR) is 177 cm³/mol. The molecule has 0 amide bonds. The molecule has 0 saturated heterocycles. The zero-order chi connectivity index (χ0) is 27.9. The molecule has 2 nitrogen and oxygen atoms in total. The number of hydrogen-bond acceptors (Lipinski definition) is 2. The van der Waals surface area contributed by atoms with Gasteiger partial charge in [0.05, 0.1) is 0 Å². The Morgan fingerprint density at radius 3 is 1.50 bits per heavy atom. The molecule has 0 atom stereocenters. The summed E-state index contributed by atoms with van der Waals surface area (Å²) >= 11 is 0. The first-order valence-electron chi connectivity index (χ1n) is 14.3. The van der Waals surface area contributed by atoms with E-state index in [4.69, 9.17) is 4.42 Å². The first kappa shape index (κ1) is 24.2. The Morgan fingerprint density at radius 1 is 0.357 bits per heavy atom. The van der Waals surface area contributed by atoms with Crippen molar-refractivity contribution < 1.29 is 4.42 Å². The second kappa shape index (κ2) is 10.1. The third kappa shape index (κ3) is 4.22. The number of nitrogens with zero attached hydrogens (tertiary/aromatic N) is 1. The molecule has 0 radical (unpaired) electrons. The van der Waals surface area contributed by atoms with Crippen LogP contribution in [-0.4, -0.2) is 0 Å². The Hall–Kier alpha value is -5.60. The van der Waals surface area contributed by atoms with E-state index in [1.54, 1.807) is 0 Å². The van der Waals surface area contributed by atoms with Gasteiger partial charge in [-0.3, -0.25) is 0 Å². The first-order valence-corrected chi connectivity index (χ1v) is 14.3. The molecule has 1 aromatic heterocycles. The summed E-state index contributed by atoms with van der Waals surface area (Å²) in [4.78, 5) is 2.30. The van der Waals surface area contributed by atoms with Gasteiger partial charge in [-0.1, -0.05) is 115 Å². The van der Waals surface area contributed by atoms with Crippen molar-refractivity contribution in [3.63, 3.8) is 0 Å². The van der Waals surface area contributed by atoms with Gasteiger partial charge in [0.15, 0.2) is 0 Å². The van der Waals surface area contributed by atoms with Crippen LogP contribution < -0.4 is 4.90 Å². The van der Waals surface area contributed by atoms with Crippen LogP contribution in [0, 0.1) is 0 Å². The van der Waals surface area contributed by atoms with Crippen molar-refractivity contribution in [1.82, 2.24) is 0 Å². The molecule has 0 aliphatic heterocycles. The van der Waals surface area contributed by atoms with Gasteiger partial charge in [0.25, 0.3) is 0 Å². The Morgan fingerprint density at radius 2 is 0.881 bits per heavy atom. The van der Waals surface area contributed by atoms with Gasteiger partial charge in [-0.2, -0.15) is 0 Å². The standard InChI is InChI=1S/C40H27NO/c1-3-9-28(10-4-1)30-15-20-33(21-16-30)41(34-22-17-31(18-23-34)29-11-5-2-6-12-29)35-24-25-37-39(27-35)42-38-26-19-32-13-7-8-14-36(32)40(37)38/h1-27H. The minimum Gasteiger partial charge on any atom is -0.456 e. The smallest absolute Gasteiger partial charge is 0.137 e. The minimum atomic E-state index is 0.880. The van der Waals surface area contributed by atoms with E-state index in [0.29, 0.717) is 0 Å². The molecular formula is C40H27NO. The van der Waals surface area contributed by atoms with E-state index in [1.807, 2.05) is 0 Å². The van der Waals surface area contributed by atoms with Crippen LogP contribution in [0.4, 0.5) is 17.1 Å². The number of benzene rings is 7. The summed E-state index contributed by atoms with van der Waals surface area (Å²) in [5, 5.41) is 4.73. The monoisotopic (exact) mass is 537 g/mol. The van der Waals surface area contributed by atoms with E-state index in [2.05, 4.69) is 169 Å². The second-order valence-corrected chi connectivity index (χ2v) is 10.6. The molecule has 0 saturated carbocycles. The lowest BCUT2D eigenvalue weighted by atomic mass is 10.0. The lowest BCUT2D eigenvalue weighted by Gasteiger charge is -2.26. The minimum absolute atomic E-state index is 0.880. The molecule has 198 valence electrons. The van der Waals surface area contributed by atoms with Crippen LogP contribution in [0.3, 0.4) is 0 Å². The van der Waals surface area contributed by atoms with Crippen LogP contribution in [0.5, 0.6) is 0 Å². The third-order valence-corrected chi connectivity index (χ3v) is 8.07. The number of hydrogen-bond donors (Lipinski definition) is 0. The molecule has 8 aromatic rings. The largest absolute Gasteiger partial charge is 0.456 e. The molecule has 0 N–H and O–H groups in total.